The van der Waals surface area contributed by atoms with Gasteiger partial charge in [-0.2, -0.15) is 0 Å². The molecule has 5 heteroatoms. The summed E-state index contributed by atoms with van der Waals surface area (Å²) in [5.74, 6) is -0.134. The Labute approximate surface area is 137 Å². The SMILES string of the molecule is CCCCNC(=O)c1cc(Nc2ccc(N(C)C)cc2)ccn1. The fourth-order valence-electron chi connectivity index (χ4n) is 2.11. The van der Waals surface area contributed by atoms with Gasteiger partial charge < -0.3 is 15.5 Å². The van der Waals surface area contributed by atoms with Crippen LogP contribution in [0.15, 0.2) is 42.6 Å². The van der Waals surface area contributed by atoms with Crippen LogP contribution in [-0.4, -0.2) is 31.5 Å². The lowest BCUT2D eigenvalue weighted by Crippen LogP contribution is -2.25. The highest BCUT2D eigenvalue weighted by Crippen LogP contribution is 2.20. The Morgan fingerprint density at radius 1 is 1.13 bits per heavy atom. The van der Waals surface area contributed by atoms with Crippen LogP contribution in [0.1, 0.15) is 30.3 Å². The highest BCUT2D eigenvalue weighted by Gasteiger charge is 2.07. The van der Waals surface area contributed by atoms with E-state index in [1.807, 2.05) is 44.4 Å². The number of hydrogen-bond acceptors (Lipinski definition) is 4. The van der Waals surface area contributed by atoms with E-state index in [4.69, 9.17) is 0 Å². The van der Waals surface area contributed by atoms with E-state index in [0.29, 0.717) is 12.2 Å². The van der Waals surface area contributed by atoms with E-state index in [2.05, 4.69) is 27.4 Å². The van der Waals surface area contributed by atoms with Crippen LogP contribution in [0.3, 0.4) is 0 Å². The average Bonchev–Trinajstić information content (AvgIpc) is 2.56. The van der Waals surface area contributed by atoms with Crippen molar-refractivity contribution < 1.29 is 4.79 Å². The molecule has 0 saturated heterocycles. The Bertz CT molecular complexity index is 638. The maximum atomic E-state index is 12.0. The standard InChI is InChI=1S/C18H24N4O/c1-4-5-11-20-18(23)17-13-15(10-12-19-17)21-14-6-8-16(9-7-14)22(2)3/h6-10,12-13H,4-5,11H2,1-3H3,(H,19,21)(H,20,23). The Morgan fingerprint density at radius 2 is 1.87 bits per heavy atom. The minimum atomic E-state index is -0.134. The molecule has 0 bridgehead atoms. The number of pyridine rings is 1. The molecule has 0 unspecified atom stereocenters. The lowest BCUT2D eigenvalue weighted by Gasteiger charge is -2.13. The molecule has 2 N–H and O–H groups in total. The maximum Gasteiger partial charge on any atom is 0.269 e. The summed E-state index contributed by atoms with van der Waals surface area (Å²) in [6.45, 7) is 2.77. The molecule has 1 heterocycles. The van der Waals surface area contributed by atoms with Crippen molar-refractivity contribution in [1.29, 1.82) is 0 Å². The van der Waals surface area contributed by atoms with Gasteiger partial charge in [0.15, 0.2) is 0 Å². The number of aromatic nitrogens is 1. The maximum absolute atomic E-state index is 12.0. The summed E-state index contributed by atoms with van der Waals surface area (Å²) in [7, 11) is 4.02. The topological polar surface area (TPSA) is 57.3 Å². The fourth-order valence-corrected chi connectivity index (χ4v) is 2.11. The monoisotopic (exact) mass is 312 g/mol. The second-order valence-corrected chi connectivity index (χ2v) is 5.61. The van der Waals surface area contributed by atoms with Gasteiger partial charge in [0.05, 0.1) is 0 Å². The summed E-state index contributed by atoms with van der Waals surface area (Å²) >= 11 is 0. The van der Waals surface area contributed by atoms with Crippen molar-refractivity contribution in [3.63, 3.8) is 0 Å². The number of amides is 1. The van der Waals surface area contributed by atoms with Crippen LogP contribution < -0.4 is 15.5 Å². The van der Waals surface area contributed by atoms with Gasteiger partial charge in [-0.25, -0.2) is 0 Å². The van der Waals surface area contributed by atoms with E-state index < -0.39 is 0 Å². The Morgan fingerprint density at radius 3 is 2.52 bits per heavy atom. The molecule has 23 heavy (non-hydrogen) atoms. The van der Waals surface area contributed by atoms with Gasteiger partial charge in [0, 0.05) is 43.9 Å². The number of carbonyl (C=O) groups is 1. The van der Waals surface area contributed by atoms with Crippen LogP contribution >= 0.6 is 0 Å². The second kappa shape index (κ2) is 8.17. The number of nitrogens with one attached hydrogen (secondary N) is 2. The third kappa shape index (κ3) is 4.98. The summed E-state index contributed by atoms with van der Waals surface area (Å²) in [5, 5.41) is 6.17. The first kappa shape index (κ1) is 16.8. The van der Waals surface area contributed by atoms with Crippen LogP contribution in [-0.2, 0) is 0 Å². The Hall–Kier alpha value is -2.56. The average molecular weight is 312 g/mol. The predicted octanol–water partition coefficient (Wildman–Crippen LogP) is 3.42. The van der Waals surface area contributed by atoms with Crippen LogP contribution in [0, 0.1) is 0 Å². The van der Waals surface area contributed by atoms with E-state index in [1.54, 1.807) is 12.3 Å². The molecule has 2 aromatic rings. The lowest BCUT2D eigenvalue weighted by molar-refractivity contribution is 0.0948. The number of rotatable bonds is 7. The molecule has 1 amide bonds. The number of nitrogens with zero attached hydrogens (tertiary/aromatic N) is 2. The van der Waals surface area contributed by atoms with Crippen molar-refractivity contribution >= 4 is 23.0 Å². The smallest absolute Gasteiger partial charge is 0.269 e. The molecule has 1 aromatic carbocycles. The second-order valence-electron chi connectivity index (χ2n) is 5.61. The van der Waals surface area contributed by atoms with Crippen LogP contribution in [0.4, 0.5) is 17.1 Å². The summed E-state index contributed by atoms with van der Waals surface area (Å²) < 4.78 is 0. The summed E-state index contributed by atoms with van der Waals surface area (Å²) in [6, 6.07) is 11.7. The van der Waals surface area contributed by atoms with Gasteiger partial charge in [0.1, 0.15) is 5.69 Å². The number of anilines is 3. The summed E-state index contributed by atoms with van der Waals surface area (Å²) in [4.78, 5) is 18.2. The molecule has 2 rings (SSSR count). The minimum Gasteiger partial charge on any atom is -0.378 e. The highest BCUT2D eigenvalue weighted by atomic mass is 16.1. The fraction of sp³-hybridized carbons (Fsp3) is 0.333. The van der Waals surface area contributed by atoms with Gasteiger partial charge in [0.2, 0.25) is 0 Å². The normalized spacial score (nSPS) is 10.2. The van der Waals surface area contributed by atoms with Crippen molar-refractivity contribution in [3.8, 4) is 0 Å². The van der Waals surface area contributed by atoms with Gasteiger partial charge >= 0.3 is 0 Å². The zero-order valence-electron chi connectivity index (χ0n) is 14.0. The molecule has 0 spiro atoms. The first-order valence-corrected chi connectivity index (χ1v) is 7.89. The van der Waals surface area contributed by atoms with Gasteiger partial charge in [-0.05, 0) is 42.8 Å². The van der Waals surface area contributed by atoms with E-state index in [-0.39, 0.29) is 5.91 Å². The van der Waals surface area contributed by atoms with Crippen molar-refractivity contribution in [2.75, 3.05) is 30.9 Å². The molecule has 0 aliphatic carbocycles. The van der Waals surface area contributed by atoms with Crippen LogP contribution in [0.25, 0.3) is 0 Å². The van der Waals surface area contributed by atoms with Crippen molar-refractivity contribution in [1.82, 2.24) is 10.3 Å². The molecule has 0 radical (unpaired) electrons. The van der Waals surface area contributed by atoms with E-state index >= 15 is 0 Å². The Balaban J connectivity index is 2.03. The predicted molar refractivity (Wildman–Crippen MR) is 95.5 cm³/mol. The van der Waals surface area contributed by atoms with Crippen molar-refractivity contribution in [2.45, 2.75) is 19.8 Å². The minimum absolute atomic E-state index is 0.134. The zero-order chi connectivity index (χ0) is 16.7. The molecule has 0 saturated carbocycles. The van der Waals surface area contributed by atoms with Crippen LogP contribution in [0.5, 0.6) is 0 Å². The largest absolute Gasteiger partial charge is 0.378 e. The zero-order valence-corrected chi connectivity index (χ0v) is 14.0. The Kier molecular flexibility index (Phi) is 5.97. The molecule has 0 atom stereocenters. The molecule has 0 aliphatic rings. The highest BCUT2D eigenvalue weighted by molar-refractivity contribution is 5.93. The van der Waals surface area contributed by atoms with E-state index in [0.717, 1.165) is 29.9 Å². The van der Waals surface area contributed by atoms with Gasteiger partial charge in [0.25, 0.3) is 5.91 Å². The van der Waals surface area contributed by atoms with E-state index in [1.165, 1.54) is 0 Å². The molecule has 1 aromatic heterocycles. The first-order chi connectivity index (χ1) is 11.1. The lowest BCUT2D eigenvalue weighted by atomic mass is 10.2. The number of carbonyl (C=O) groups excluding carboxylic acids is 1. The number of benzene rings is 1. The first-order valence-electron chi connectivity index (χ1n) is 7.89. The molecule has 5 nitrogen and oxygen atoms in total. The van der Waals surface area contributed by atoms with E-state index in [9.17, 15) is 4.79 Å². The molecule has 122 valence electrons. The molecular formula is C18H24N4O. The summed E-state index contributed by atoms with van der Waals surface area (Å²) in [6.07, 6.45) is 3.67. The van der Waals surface area contributed by atoms with Crippen molar-refractivity contribution in [2.24, 2.45) is 0 Å². The summed E-state index contributed by atoms with van der Waals surface area (Å²) in [5.41, 5.74) is 3.38. The number of unbranched alkanes of at least 4 members (excludes halogenated alkanes) is 1. The van der Waals surface area contributed by atoms with Crippen LogP contribution in [0.2, 0.25) is 0 Å². The molecule has 0 fully saturated rings. The third-order valence-corrected chi connectivity index (χ3v) is 3.48. The third-order valence-electron chi connectivity index (χ3n) is 3.48. The van der Waals surface area contributed by atoms with Gasteiger partial charge in [-0.3, -0.25) is 9.78 Å². The molecule has 0 aliphatic heterocycles. The molecular weight excluding hydrogens is 288 g/mol. The van der Waals surface area contributed by atoms with Gasteiger partial charge in [-0.15, -0.1) is 0 Å². The van der Waals surface area contributed by atoms with Gasteiger partial charge in [-0.1, -0.05) is 13.3 Å². The number of hydrogen-bond donors (Lipinski definition) is 2. The van der Waals surface area contributed by atoms with Crippen molar-refractivity contribution in [3.05, 3.63) is 48.3 Å². The quantitative estimate of drug-likeness (QED) is 0.769.